The van der Waals surface area contributed by atoms with Gasteiger partial charge in [-0.1, -0.05) is 6.92 Å². The Balaban J connectivity index is 2.61. The summed E-state index contributed by atoms with van der Waals surface area (Å²) in [7, 11) is 0. The van der Waals surface area contributed by atoms with Crippen molar-refractivity contribution in [2.24, 2.45) is 5.92 Å². The van der Waals surface area contributed by atoms with E-state index in [1.165, 1.54) is 4.90 Å². The summed E-state index contributed by atoms with van der Waals surface area (Å²) in [6.07, 6.45) is 1.94. The molecule has 1 atom stereocenters. The largest absolute Gasteiger partial charge is 0.481 e. The van der Waals surface area contributed by atoms with Gasteiger partial charge in [0, 0.05) is 25.7 Å². The summed E-state index contributed by atoms with van der Waals surface area (Å²) >= 11 is 0. The lowest BCUT2D eigenvalue weighted by molar-refractivity contribution is -0.141. The number of carboxylic acid groups (broad SMARTS) is 1. The quantitative estimate of drug-likeness (QED) is 0.701. The van der Waals surface area contributed by atoms with Crippen molar-refractivity contribution < 1.29 is 19.8 Å². The lowest BCUT2D eigenvalue weighted by Crippen LogP contribution is -2.47. The molecule has 1 unspecified atom stereocenters. The number of carbonyl (C=O) groups excluding carboxylic acids is 1. The van der Waals surface area contributed by atoms with Crippen LogP contribution in [0.1, 0.15) is 26.7 Å². The van der Waals surface area contributed by atoms with Gasteiger partial charge >= 0.3 is 12.0 Å². The van der Waals surface area contributed by atoms with Crippen LogP contribution in [0.4, 0.5) is 4.79 Å². The van der Waals surface area contributed by atoms with Gasteiger partial charge in [-0.15, -0.1) is 0 Å². The van der Waals surface area contributed by atoms with Crippen molar-refractivity contribution in [3.63, 3.8) is 0 Å². The molecule has 1 rings (SSSR count). The second kappa shape index (κ2) is 6.58. The summed E-state index contributed by atoms with van der Waals surface area (Å²) in [6.45, 7) is 4.36. The zero-order valence-electron chi connectivity index (χ0n) is 11.0. The van der Waals surface area contributed by atoms with Gasteiger partial charge in [-0.3, -0.25) is 4.79 Å². The number of nitrogens with zero attached hydrogens (tertiary/aromatic N) is 2. The zero-order chi connectivity index (χ0) is 13.7. The molecule has 2 amide bonds. The van der Waals surface area contributed by atoms with Crippen LogP contribution in [0.25, 0.3) is 0 Å². The molecule has 6 heteroatoms. The van der Waals surface area contributed by atoms with Crippen molar-refractivity contribution >= 4 is 12.0 Å². The number of rotatable bonds is 7. The molecule has 104 valence electrons. The first-order valence-electron chi connectivity index (χ1n) is 6.40. The van der Waals surface area contributed by atoms with Gasteiger partial charge in [0.05, 0.1) is 12.5 Å². The van der Waals surface area contributed by atoms with Crippen LogP contribution < -0.4 is 0 Å². The Labute approximate surface area is 107 Å². The van der Waals surface area contributed by atoms with Crippen LogP contribution in [-0.2, 0) is 4.79 Å². The number of carbonyl (C=O) groups is 2. The number of hydrogen-bond acceptors (Lipinski definition) is 3. The van der Waals surface area contributed by atoms with E-state index in [0.717, 1.165) is 12.8 Å². The maximum Gasteiger partial charge on any atom is 0.320 e. The molecular formula is C12H22N2O4. The SMILES string of the molecule is CCN(CC(C)C(=O)O)C(=O)N(CCO)C1CC1. The Bertz CT molecular complexity index is 304. The topological polar surface area (TPSA) is 81.1 Å². The molecule has 0 aromatic rings. The number of aliphatic carboxylic acids is 1. The van der Waals surface area contributed by atoms with Crippen molar-refractivity contribution in [1.82, 2.24) is 9.80 Å². The second-order valence-electron chi connectivity index (χ2n) is 4.71. The molecule has 0 saturated heterocycles. The van der Waals surface area contributed by atoms with E-state index in [2.05, 4.69) is 0 Å². The average Bonchev–Trinajstić information content (AvgIpc) is 3.15. The van der Waals surface area contributed by atoms with Crippen molar-refractivity contribution in [2.75, 3.05) is 26.2 Å². The van der Waals surface area contributed by atoms with Crippen LogP contribution in [0.2, 0.25) is 0 Å². The lowest BCUT2D eigenvalue weighted by Gasteiger charge is -2.30. The number of hydrogen-bond donors (Lipinski definition) is 2. The maximum absolute atomic E-state index is 12.3. The molecule has 0 spiro atoms. The number of urea groups is 1. The second-order valence-corrected chi connectivity index (χ2v) is 4.71. The highest BCUT2D eigenvalue weighted by molar-refractivity contribution is 5.76. The summed E-state index contributed by atoms with van der Waals surface area (Å²) in [4.78, 5) is 26.3. The first-order chi connectivity index (χ1) is 8.51. The molecule has 1 aliphatic carbocycles. The predicted molar refractivity (Wildman–Crippen MR) is 66.3 cm³/mol. The third-order valence-electron chi connectivity index (χ3n) is 3.14. The molecule has 1 fully saturated rings. The van der Waals surface area contributed by atoms with Gasteiger partial charge in [0.25, 0.3) is 0 Å². The fourth-order valence-corrected chi connectivity index (χ4v) is 1.86. The molecule has 6 nitrogen and oxygen atoms in total. The van der Waals surface area contributed by atoms with Crippen molar-refractivity contribution in [3.8, 4) is 0 Å². The van der Waals surface area contributed by atoms with Gasteiger partial charge in [-0.2, -0.15) is 0 Å². The monoisotopic (exact) mass is 258 g/mol. The van der Waals surface area contributed by atoms with Gasteiger partial charge in [0.2, 0.25) is 0 Å². The highest BCUT2D eigenvalue weighted by Crippen LogP contribution is 2.27. The fraction of sp³-hybridized carbons (Fsp3) is 0.833. The smallest absolute Gasteiger partial charge is 0.320 e. The number of carboxylic acids is 1. The molecule has 2 N–H and O–H groups in total. The molecular weight excluding hydrogens is 236 g/mol. The summed E-state index contributed by atoms with van der Waals surface area (Å²) in [5, 5.41) is 17.9. The number of aliphatic hydroxyl groups is 1. The Morgan fingerprint density at radius 2 is 2.00 bits per heavy atom. The summed E-state index contributed by atoms with van der Waals surface area (Å²) in [5.41, 5.74) is 0. The lowest BCUT2D eigenvalue weighted by atomic mass is 10.2. The van der Waals surface area contributed by atoms with Crippen LogP contribution in [0.3, 0.4) is 0 Å². The highest BCUT2D eigenvalue weighted by atomic mass is 16.4. The molecule has 0 radical (unpaired) electrons. The Morgan fingerprint density at radius 3 is 2.39 bits per heavy atom. The van der Waals surface area contributed by atoms with E-state index < -0.39 is 11.9 Å². The highest BCUT2D eigenvalue weighted by Gasteiger charge is 2.34. The Hall–Kier alpha value is -1.30. The van der Waals surface area contributed by atoms with Crippen LogP contribution in [0.5, 0.6) is 0 Å². The van der Waals surface area contributed by atoms with Gasteiger partial charge in [-0.05, 0) is 19.8 Å². The van der Waals surface area contributed by atoms with E-state index in [-0.39, 0.29) is 25.2 Å². The van der Waals surface area contributed by atoms with E-state index >= 15 is 0 Å². The van der Waals surface area contributed by atoms with E-state index in [1.54, 1.807) is 11.8 Å². The normalized spacial score (nSPS) is 16.2. The summed E-state index contributed by atoms with van der Waals surface area (Å²) in [6, 6.07) is 0.0565. The minimum Gasteiger partial charge on any atom is -0.481 e. The van der Waals surface area contributed by atoms with Gasteiger partial charge < -0.3 is 20.0 Å². The van der Waals surface area contributed by atoms with Crippen molar-refractivity contribution in [2.45, 2.75) is 32.7 Å². The van der Waals surface area contributed by atoms with E-state index in [9.17, 15) is 9.59 Å². The molecule has 0 aromatic heterocycles. The predicted octanol–water partition coefficient (Wildman–Crippen LogP) is 0.606. The van der Waals surface area contributed by atoms with Gasteiger partial charge in [-0.25, -0.2) is 4.79 Å². The van der Waals surface area contributed by atoms with Crippen LogP contribution >= 0.6 is 0 Å². The summed E-state index contributed by atoms with van der Waals surface area (Å²) < 4.78 is 0. The molecule has 0 aromatic carbocycles. The summed E-state index contributed by atoms with van der Waals surface area (Å²) in [5.74, 6) is -1.48. The molecule has 0 aliphatic heterocycles. The minimum atomic E-state index is -0.901. The van der Waals surface area contributed by atoms with E-state index in [4.69, 9.17) is 10.2 Å². The molecule has 0 heterocycles. The van der Waals surface area contributed by atoms with E-state index in [0.29, 0.717) is 13.1 Å². The van der Waals surface area contributed by atoms with Crippen LogP contribution in [0.15, 0.2) is 0 Å². The van der Waals surface area contributed by atoms with Crippen LogP contribution in [-0.4, -0.2) is 64.3 Å². The zero-order valence-corrected chi connectivity index (χ0v) is 11.0. The third-order valence-corrected chi connectivity index (χ3v) is 3.14. The molecule has 18 heavy (non-hydrogen) atoms. The standard InChI is InChI=1S/C12H22N2O4/c1-3-13(8-9(2)11(16)17)12(18)14(6-7-15)10-4-5-10/h9-10,15H,3-8H2,1-2H3,(H,16,17). The van der Waals surface area contributed by atoms with Crippen molar-refractivity contribution in [1.29, 1.82) is 0 Å². The number of amides is 2. The Morgan fingerprint density at radius 1 is 1.39 bits per heavy atom. The Kier molecular flexibility index (Phi) is 5.40. The third kappa shape index (κ3) is 3.87. The number of aliphatic hydroxyl groups excluding tert-OH is 1. The first kappa shape index (κ1) is 14.8. The maximum atomic E-state index is 12.3. The first-order valence-corrected chi connectivity index (χ1v) is 6.40. The molecule has 1 aliphatic rings. The minimum absolute atomic E-state index is 0.0612. The van der Waals surface area contributed by atoms with Gasteiger partial charge in [0.1, 0.15) is 0 Å². The van der Waals surface area contributed by atoms with E-state index in [1.807, 2.05) is 6.92 Å². The average molecular weight is 258 g/mol. The van der Waals surface area contributed by atoms with Gasteiger partial charge in [0.15, 0.2) is 0 Å². The molecule has 0 bridgehead atoms. The fourth-order valence-electron chi connectivity index (χ4n) is 1.86. The molecule has 1 saturated carbocycles. The van der Waals surface area contributed by atoms with Crippen molar-refractivity contribution in [3.05, 3.63) is 0 Å². The van der Waals surface area contributed by atoms with Crippen LogP contribution in [0, 0.1) is 5.92 Å².